The van der Waals surface area contributed by atoms with Crippen LogP contribution in [0.3, 0.4) is 0 Å². The number of rotatable bonds is 14. The van der Waals surface area contributed by atoms with Crippen LogP contribution in [0.15, 0.2) is 30.3 Å². The maximum atomic E-state index is 12.1. The summed E-state index contributed by atoms with van der Waals surface area (Å²) in [5.74, 6) is -1.24. The van der Waals surface area contributed by atoms with E-state index in [0.29, 0.717) is 19.3 Å². The molecule has 0 aliphatic heterocycles. The van der Waals surface area contributed by atoms with Gasteiger partial charge in [0.1, 0.15) is 12.6 Å². The summed E-state index contributed by atoms with van der Waals surface area (Å²) >= 11 is 0. The van der Waals surface area contributed by atoms with Gasteiger partial charge in [-0.3, -0.25) is 14.4 Å². The van der Waals surface area contributed by atoms with Crippen LogP contribution < -0.4 is 5.32 Å². The molecule has 1 amide bonds. The summed E-state index contributed by atoms with van der Waals surface area (Å²) in [7, 11) is 0. The molecule has 1 aromatic carbocycles. The molecule has 1 N–H and O–H groups in total. The second-order valence-corrected chi connectivity index (χ2v) is 8.54. The topological polar surface area (TPSA) is 98.8 Å². The van der Waals surface area contributed by atoms with Crippen molar-refractivity contribution < 1.29 is 28.7 Å². The molecule has 7 heteroatoms. The molecule has 0 radical (unpaired) electrons. The van der Waals surface area contributed by atoms with Crippen molar-refractivity contribution in [2.24, 2.45) is 5.92 Å². The lowest BCUT2D eigenvalue weighted by Crippen LogP contribution is -2.45. The Kier molecular flexibility index (Phi) is 18.2. The van der Waals surface area contributed by atoms with E-state index in [2.05, 4.69) is 10.1 Å². The average Bonchev–Trinajstić information content (AvgIpc) is 2.82. The van der Waals surface area contributed by atoms with Crippen LogP contribution in [0.25, 0.3) is 0 Å². The minimum absolute atomic E-state index is 0.00106. The molecule has 1 atom stereocenters. The highest BCUT2D eigenvalue weighted by Gasteiger charge is 2.25. The first-order valence-corrected chi connectivity index (χ1v) is 12.5. The summed E-state index contributed by atoms with van der Waals surface area (Å²) in [6.45, 7) is 10.0. The van der Waals surface area contributed by atoms with Crippen molar-refractivity contribution in [3.8, 4) is 0 Å². The highest BCUT2D eigenvalue weighted by atomic mass is 16.6. The van der Waals surface area contributed by atoms with Gasteiger partial charge in [-0.2, -0.15) is 0 Å². The van der Waals surface area contributed by atoms with E-state index in [1.165, 1.54) is 0 Å². The SMILES string of the molecule is CCCCC(=O)N[C@H](C(=O)OCc1ccccc1)C(C)C.CCCCC(=O)OC(=O)CCCC. The Morgan fingerprint density at radius 2 is 1.29 bits per heavy atom. The van der Waals surface area contributed by atoms with Gasteiger partial charge in [-0.25, -0.2) is 4.79 Å². The maximum absolute atomic E-state index is 12.1. The first-order valence-electron chi connectivity index (χ1n) is 12.5. The highest BCUT2D eigenvalue weighted by molar-refractivity contribution is 5.85. The summed E-state index contributed by atoms with van der Waals surface area (Å²) in [4.78, 5) is 45.8. The predicted octanol–water partition coefficient (Wildman–Crippen LogP) is 5.50. The largest absolute Gasteiger partial charge is 0.459 e. The molecule has 0 heterocycles. The smallest absolute Gasteiger partial charge is 0.329 e. The van der Waals surface area contributed by atoms with Gasteiger partial charge in [0, 0.05) is 19.3 Å². The summed E-state index contributed by atoms with van der Waals surface area (Å²) in [5.41, 5.74) is 0.936. The van der Waals surface area contributed by atoms with Crippen molar-refractivity contribution >= 4 is 23.8 Å². The molecule has 0 bridgehead atoms. The standard InChI is InChI=1S/C17H25NO3.C10H18O3/c1-4-5-11-15(19)18-16(13(2)3)17(20)21-12-14-9-7-6-8-10-14;1-3-5-7-9(11)13-10(12)8-6-4-2/h6-10,13,16H,4-5,11-12H2,1-3H3,(H,18,19);3-8H2,1-2H3/t16-;/m0./s1. The van der Waals surface area contributed by atoms with Gasteiger partial charge in [0.05, 0.1) is 0 Å². The first kappa shape index (κ1) is 31.3. The van der Waals surface area contributed by atoms with Crippen LogP contribution in [-0.4, -0.2) is 29.9 Å². The van der Waals surface area contributed by atoms with Crippen LogP contribution in [0.5, 0.6) is 0 Å². The molecule has 1 aromatic rings. The molecule has 0 aliphatic carbocycles. The summed E-state index contributed by atoms with van der Waals surface area (Å²) < 4.78 is 9.88. The number of nitrogens with one attached hydrogen (secondary N) is 1. The number of carbonyl (C=O) groups is 4. The van der Waals surface area contributed by atoms with Crippen molar-refractivity contribution in [1.29, 1.82) is 0 Å². The number of hydrogen-bond donors (Lipinski definition) is 1. The van der Waals surface area contributed by atoms with Gasteiger partial charge < -0.3 is 14.8 Å². The molecule has 0 fully saturated rings. The summed E-state index contributed by atoms with van der Waals surface area (Å²) in [6, 6.07) is 8.93. The van der Waals surface area contributed by atoms with Crippen LogP contribution in [0.2, 0.25) is 0 Å². The third-order valence-electron chi connectivity index (χ3n) is 4.91. The Labute approximate surface area is 205 Å². The molecule has 1 rings (SSSR count). The fourth-order valence-corrected chi connectivity index (χ4v) is 2.77. The monoisotopic (exact) mass is 477 g/mol. The molecule has 7 nitrogen and oxygen atoms in total. The van der Waals surface area contributed by atoms with E-state index in [1.807, 2.05) is 65.0 Å². The van der Waals surface area contributed by atoms with E-state index in [9.17, 15) is 19.2 Å². The third-order valence-corrected chi connectivity index (χ3v) is 4.91. The summed E-state index contributed by atoms with van der Waals surface area (Å²) in [6.07, 6.45) is 6.42. The van der Waals surface area contributed by atoms with Gasteiger partial charge in [0.2, 0.25) is 5.91 Å². The van der Waals surface area contributed by atoms with Crippen LogP contribution >= 0.6 is 0 Å². The van der Waals surface area contributed by atoms with Crippen molar-refractivity contribution in [1.82, 2.24) is 5.32 Å². The van der Waals surface area contributed by atoms with Gasteiger partial charge in [0.25, 0.3) is 0 Å². The van der Waals surface area contributed by atoms with Crippen molar-refractivity contribution in [2.45, 2.75) is 105 Å². The van der Waals surface area contributed by atoms with E-state index in [4.69, 9.17) is 4.74 Å². The molecule has 0 spiro atoms. The second-order valence-electron chi connectivity index (χ2n) is 8.54. The Morgan fingerprint density at radius 1 is 0.794 bits per heavy atom. The minimum Gasteiger partial charge on any atom is -0.459 e. The van der Waals surface area contributed by atoms with Crippen LogP contribution in [0.4, 0.5) is 0 Å². The Morgan fingerprint density at radius 3 is 1.76 bits per heavy atom. The first-order chi connectivity index (χ1) is 16.2. The van der Waals surface area contributed by atoms with Crippen molar-refractivity contribution in [3.63, 3.8) is 0 Å². The average molecular weight is 478 g/mol. The fraction of sp³-hybridized carbons (Fsp3) is 0.630. The zero-order valence-corrected chi connectivity index (χ0v) is 21.6. The molecule has 0 aliphatic rings. The number of amides is 1. The van der Waals surface area contributed by atoms with E-state index >= 15 is 0 Å². The normalized spacial score (nSPS) is 11.1. The molecule has 192 valence electrons. The zero-order valence-electron chi connectivity index (χ0n) is 21.6. The molecule has 0 aromatic heterocycles. The minimum atomic E-state index is -0.585. The number of esters is 3. The van der Waals surface area contributed by atoms with Gasteiger partial charge in [-0.05, 0) is 30.7 Å². The quantitative estimate of drug-likeness (QED) is 0.281. The predicted molar refractivity (Wildman–Crippen MR) is 133 cm³/mol. The molecule has 34 heavy (non-hydrogen) atoms. The highest BCUT2D eigenvalue weighted by Crippen LogP contribution is 2.08. The van der Waals surface area contributed by atoms with E-state index < -0.39 is 6.04 Å². The lowest BCUT2D eigenvalue weighted by Gasteiger charge is -2.21. The van der Waals surface area contributed by atoms with Gasteiger partial charge in [-0.1, -0.05) is 84.2 Å². The number of unbranched alkanes of at least 4 members (excludes halogenated alkanes) is 3. The van der Waals surface area contributed by atoms with Crippen LogP contribution in [-0.2, 0) is 35.3 Å². The van der Waals surface area contributed by atoms with Gasteiger partial charge >= 0.3 is 17.9 Å². The van der Waals surface area contributed by atoms with Crippen molar-refractivity contribution in [2.75, 3.05) is 0 Å². The molecule has 0 saturated heterocycles. The second kappa shape index (κ2) is 19.7. The fourth-order valence-electron chi connectivity index (χ4n) is 2.77. The van der Waals surface area contributed by atoms with E-state index in [1.54, 1.807) is 0 Å². The van der Waals surface area contributed by atoms with Crippen LogP contribution in [0.1, 0.15) is 98.0 Å². The van der Waals surface area contributed by atoms with E-state index in [-0.39, 0.29) is 36.3 Å². The maximum Gasteiger partial charge on any atom is 0.329 e. The lowest BCUT2D eigenvalue weighted by atomic mass is 10.0. The van der Waals surface area contributed by atoms with Crippen molar-refractivity contribution in [3.05, 3.63) is 35.9 Å². The van der Waals surface area contributed by atoms with Gasteiger partial charge in [-0.15, -0.1) is 0 Å². The molecule has 0 unspecified atom stereocenters. The Balaban J connectivity index is 0.000000722. The number of benzene rings is 1. The zero-order chi connectivity index (χ0) is 25.8. The van der Waals surface area contributed by atoms with Gasteiger partial charge in [0.15, 0.2) is 0 Å². The summed E-state index contributed by atoms with van der Waals surface area (Å²) in [5, 5.41) is 2.77. The molecule has 0 saturated carbocycles. The van der Waals surface area contributed by atoms with Crippen LogP contribution in [0, 0.1) is 5.92 Å². The third kappa shape index (κ3) is 16.0. The lowest BCUT2D eigenvalue weighted by molar-refractivity contribution is -0.159. The van der Waals surface area contributed by atoms with E-state index in [0.717, 1.165) is 44.1 Å². The Hall–Kier alpha value is -2.70. The molecular weight excluding hydrogens is 434 g/mol. The number of hydrogen-bond acceptors (Lipinski definition) is 6. The number of ether oxygens (including phenoxy) is 2. The number of carbonyl (C=O) groups excluding carboxylic acids is 4. The Bertz CT molecular complexity index is 699. The molecular formula is C27H43NO6.